The van der Waals surface area contributed by atoms with Gasteiger partial charge in [-0.2, -0.15) is 13.2 Å². The molecule has 0 bridgehead atoms. The summed E-state index contributed by atoms with van der Waals surface area (Å²) >= 11 is 0. The van der Waals surface area contributed by atoms with E-state index < -0.39 is 23.9 Å². The van der Waals surface area contributed by atoms with Crippen molar-refractivity contribution in [2.75, 3.05) is 20.8 Å². The molecule has 0 saturated carbocycles. The minimum atomic E-state index is -4.98. The van der Waals surface area contributed by atoms with Crippen molar-refractivity contribution < 1.29 is 36.9 Å². The minimum absolute atomic E-state index is 0.121. The molecule has 4 atom stereocenters. The summed E-state index contributed by atoms with van der Waals surface area (Å²) in [6, 6.07) is 12.8. The molecule has 32 heavy (non-hydrogen) atoms. The normalized spacial score (nSPS) is 23.5. The first-order valence-electron chi connectivity index (χ1n) is 10.5. The minimum Gasteiger partial charge on any atom is -0.497 e. The first kappa shape index (κ1) is 22.6. The van der Waals surface area contributed by atoms with Gasteiger partial charge in [-0.05, 0) is 48.4 Å². The zero-order valence-electron chi connectivity index (χ0n) is 17.9. The van der Waals surface area contributed by atoms with Gasteiger partial charge in [-0.3, -0.25) is 0 Å². The molecule has 2 aromatic rings. The van der Waals surface area contributed by atoms with Crippen molar-refractivity contribution >= 4 is 5.97 Å². The summed E-state index contributed by atoms with van der Waals surface area (Å²) in [7, 11) is 2.49. The van der Waals surface area contributed by atoms with Crippen LogP contribution in [-0.4, -0.2) is 45.2 Å². The van der Waals surface area contributed by atoms with Gasteiger partial charge in [-0.1, -0.05) is 36.4 Å². The van der Waals surface area contributed by atoms with Crippen LogP contribution >= 0.6 is 0 Å². The third-order valence-corrected chi connectivity index (χ3v) is 6.30. The molecule has 0 radical (unpaired) electrons. The van der Waals surface area contributed by atoms with Crippen LogP contribution < -0.4 is 4.74 Å². The maximum Gasteiger partial charge on any atom is 0.432 e. The molecule has 4 rings (SSSR count). The molecule has 1 aliphatic carbocycles. The van der Waals surface area contributed by atoms with Crippen molar-refractivity contribution in [3.8, 4) is 5.75 Å². The second kappa shape index (κ2) is 8.75. The summed E-state index contributed by atoms with van der Waals surface area (Å²) in [5.41, 5.74) is -0.920. The molecule has 2 aliphatic rings. The number of ether oxygens (including phenoxy) is 4. The molecule has 0 aromatic heterocycles. The Hall–Kier alpha value is -2.58. The van der Waals surface area contributed by atoms with E-state index in [2.05, 4.69) is 6.07 Å². The number of carbonyl (C=O) groups excluding carboxylic acids is 1. The summed E-state index contributed by atoms with van der Waals surface area (Å²) in [4.78, 5) is 12.6. The molecule has 1 saturated heterocycles. The van der Waals surface area contributed by atoms with Crippen LogP contribution in [-0.2, 0) is 31.0 Å². The van der Waals surface area contributed by atoms with Gasteiger partial charge >= 0.3 is 12.1 Å². The topological polar surface area (TPSA) is 57.3 Å². The molecule has 0 N–H and O–H groups in total. The van der Waals surface area contributed by atoms with Gasteiger partial charge in [0.1, 0.15) is 18.5 Å². The van der Waals surface area contributed by atoms with E-state index in [9.17, 15) is 18.0 Å². The molecule has 1 aliphatic heterocycles. The Labute approximate surface area is 184 Å². The van der Waals surface area contributed by atoms with Gasteiger partial charge in [0.15, 0.2) is 0 Å². The Morgan fingerprint density at radius 3 is 2.44 bits per heavy atom. The second-order valence-electron chi connectivity index (χ2n) is 8.10. The van der Waals surface area contributed by atoms with Crippen LogP contribution in [0.4, 0.5) is 13.2 Å². The monoisotopic (exact) mass is 450 g/mol. The first-order valence-corrected chi connectivity index (χ1v) is 10.5. The van der Waals surface area contributed by atoms with Gasteiger partial charge in [0.25, 0.3) is 5.60 Å². The Bertz CT molecular complexity index is 962. The molecular weight excluding hydrogens is 425 g/mol. The second-order valence-corrected chi connectivity index (χ2v) is 8.10. The average molecular weight is 450 g/mol. The van der Waals surface area contributed by atoms with Crippen LogP contribution in [0.3, 0.4) is 0 Å². The van der Waals surface area contributed by atoms with E-state index in [4.69, 9.17) is 18.9 Å². The van der Waals surface area contributed by atoms with Crippen molar-refractivity contribution in [2.24, 2.45) is 0 Å². The number of hydrogen-bond donors (Lipinski definition) is 0. The maximum absolute atomic E-state index is 13.9. The van der Waals surface area contributed by atoms with E-state index in [1.165, 1.54) is 35.4 Å². The molecule has 8 heteroatoms. The fourth-order valence-corrected chi connectivity index (χ4v) is 4.38. The third kappa shape index (κ3) is 4.09. The number of fused-ring (bicyclic) bond motifs is 1. The summed E-state index contributed by atoms with van der Waals surface area (Å²) < 4.78 is 62.2. The summed E-state index contributed by atoms with van der Waals surface area (Å²) in [5.74, 6) is -0.210. The van der Waals surface area contributed by atoms with Crippen molar-refractivity contribution in [3.05, 3.63) is 65.2 Å². The van der Waals surface area contributed by atoms with Crippen LogP contribution in [0.2, 0.25) is 0 Å². The van der Waals surface area contributed by atoms with Crippen LogP contribution in [0.15, 0.2) is 48.5 Å². The van der Waals surface area contributed by atoms with Gasteiger partial charge in [0.05, 0.1) is 13.2 Å². The van der Waals surface area contributed by atoms with Gasteiger partial charge in [-0.25, -0.2) is 4.79 Å². The first-order chi connectivity index (χ1) is 15.3. The number of carbonyl (C=O) groups is 1. The lowest BCUT2D eigenvalue weighted by Gasteiger charge is -2.32. The Morgan fingerprint density at radius 1 is 1.06 bits per heavy atom. The fourth-order valence-electron chi connectivity index (χ4n) is 4.38. The van der Waals surface area contributed by atoms with E-state index in [0.717, 1.165) is 32.1 Å². The fraction of sp³-hybridized carbons (Fsp3) is 0.458. The van der Waals surface area contributed by atoms with Gasteiger partial charge in [0.2, 0.25) is 0 Å². The highest BCUT2D eigenvalue weighted by molar-refractivity contribution is 5.82. The maximum atomic E-state index is 13.9. The summed E-state index contributed by atoms with van der Waals surface area (Å²) in [5, 5.41) is 0. The molecule has 0 amide bonds. The standard InChI is InChI=1S/C24H25F3O5/c1-29-18-9-10-19-15(12-16(19)13-18)8-11-20-21(32-20)14-31-22(28)23(30-2,24(25,26)27)17-6-4-3-5-7-17/h3-7,9-10,13,15,20-21H,8,11-12,14H2,1-2H3. The highest BCUT2D eigenvalue weighted by Gasteiger charge is 2.64. The molecule has 4 unspecified atom stereocenters. The summed E-state index contributed by atoms with van der Waals surface area (Å²) in [6.45, 7) is -0.240. The Morgan fingerprint density at radius 2 is 1.81 bits per heavy atom. The van der Waals surface area contributed by atoms with Crippen molar-refractivity contribution in [2.45, 2.75) is 49.2 Å². The number of epoxide rings is 1. The lowest BCUT2D eigenvalue weighted by molar-refractivity contribution is -0.276. The number of methoxy groups -OCH3 is 2. The van der Waals surface area contributed by atoms with Crippen LogP contribution in [0.25, 0.3) is 0 Å². The summed E-state index contributed by atoms with van der Waals surface area (Å²) in [6.07, 6.45) is -2.87. The Balaban J connectivity index is 1.30. The smallest absolute Gasteiger partial charge is 0.432 e. The number of hydrogen-bond acceptors (Lipinski definition) is 5. The third-order valence-electron chi connectivity index (χ3n) is 6.30. The number of halogens is 3. The quantitative estimate of drug-likeness (QED) is 0.415. The predicted octanol–water partition coefficient (Wildman–Crippen LogP) is 4.53. The average Bonchev–Trinajstić information content (AvgIpc) is 3.51. The van der Waals surface area contributed by atoms with Crippen LogP contribution in [0.5, 0.6) is 5.75 Å². The van der Waals surface area contributed by atoms with E-state index in [0.29, 0.717) is 5.92 Å². The number of rotatable bonds is 9. The molecule has 5 nitrogen and oxygen atoms in total. The van der Waals surface area contributed by atoms with E-state index >= 15 is 0 Å². The number of esters is 1. The highest BCUT2D eigenvalue weighted by Crippen LogP contribution is 2.44. The van der Waals surface area contributed by atoms with E-state index in [1.807, 2.05) is 12.1 Å². The zero-order valence-corrected chi connectivity index (χ0v) is 17.9. The van der Waals surface area contributed by atoms with Crippen molar-refractivity contribution in [1.29, 1.82) is 0 Å². The molecule has 2 aromatic carbocycles. The van der Waals surface area contributed by atoms with Gasteiger partial charge < -0.3 is 18.9 Å². The predicted molar refractivity (Wildman–Crippen MR) is 109 cm³/mol. The lowest BCUT2D eigenvalue weighted by Crippen LogP contribution is -2.52. The van der Waals surface area contributed by atoms with Crippen LogP contribution in [0.1, 0.15) is 35.4 Å². The highest BCUT2D eigenvalue weighted by atomic mass is 19.4. The zero-order chi connectivity index (χ0) is 22.9. The van der Waals surface area contributed by atoms with Gasteiger partial charge in [0, 0.05) is 12.7 Å². The number of benzene rings is 2. The van der Waals surface area contributed by atoms with Crippen molar-refractivity contribution in [1.82, 2.24) is 0 Å². The van der Waals surface area contributed by atoms with E-state index in [-0.39, 0.29) is 18.3 Å². The molecule has 172 valence electrons. The number of alkyl halides is 3. The van der Waals surface area contributed by atoms with Crippen molar-refractivity contribution in [3.63, 3.8) is 0 Å². The molecular formula is C24H25F3O5. The largest absolute Gasteiger partial charge is 0.497 e. The molecule has 1 fully saturated rings. The van der Waals surface area contributed by atoms with Gasteiger partial charge in [-0.15, -0.1) is 0 Å². The molecule has 0 spiro atoms. The molecule has 1 heterocycles. The lowest BCUT2D eigenvalue weighted by atomic mass is 9.75. The van der Waals surface area contributed by atoms with Crippen LogP contribution in [0, 0.1) is 0 Å². The van der Waals surface area contributed by atoms with E-state index in [1.54, 1.807) is 13.2 Å². The SMILES string of the molecule is COc1ccc2c(c1)CC2CCC1OC1COC(=O)C(OC)(c1ccccc1)C(F)(F)F. The Kier molecular flexibility index (Phi) is 6.18.